The van der Waals surface area contributed by atoms with E-state index in [1.807, 2.05) is 0 Å². The molecule has 84 valence electrons. The smallest absolute Gasteiger partial charge is 0.362 e. The Bertz CT molecular complexity index is 216. The van der Waals surface area contributed by atoms with Crippen LogP contribution in [0.1, 0.15) is 0 Å². The first kappa shape index (κ1) is 13.4. The van der Waals surface area contributed by atoms with E-state index in [0.29, 0.717) is 0 Å². The van der Waals surface area contributed by atoms with Gasteiger partial charge in [0.05, 0.1) is 6.67 Å². The SMILES string of the molecule is CN1C=CN(C)C1.COP(=O)(O)OC. The van der Waals surface area contributed by atoms with E-state index in [-0.39, 0.29) is 0 Å². The zero-order valence-electron chi connectivity index (χ0n) is 8.88. The summed E-state index contributed by atoms with van der Waals surface area (Å²) in [5, 5.41) is 0. The number of phosphoric ester groups is 1. The number of hydrogen-bond donors (Lipinski definition) is 1. The Labute approximate surface area is 84.3 Å². The maximum Gasteiger partial charge on any atom is 0.471 e. The van der Waals surface area contributed by atoms with Crippen LogP contribution in [0.15, 0.2) is 12.4 Å². The summed E-state index contributed by atoms with van der Waals surface area (Å²) in [4.78, 5) is 12.5. The molecule has 1 heterocycles. The molecule has 0 atom stereocenters. The van der Waals surface area contributed by atoms with Gasteiger partial charge in [0.15, 0.2) is 0 Å². The van der Waals surface area contributed by atoms with Gasteiger partial charge in [-0.1, -0.05) is 0 Å². The highest BCUT2D eigenvalue weighted by Gasteiger charge is 2.13. The summed E-state index contributed by atoms with van der Waals surface area (Å²) in [5.41, 5.74) is 0. The van der Waals surface area contributed by atoms with Gasteiger partial charge >= 0.3 is 7.82 Å². The molecule has 0 aromatic heterocycles. The zero-order chi connectivity index (χ0) is 11.2. The molecule has 0 aromatic rings. The van der Waals surface area contributed by atoms with Crippen LogP contribution in [-0.2, 0) is 13.6 Å². The lowest BCUT2D eigenvalue weighted by Gasteiger charge is -2.10. The Morgan fingerprint density at radius 1 is 1.21 bits per heavy atom. The summed E-state index contributed by atoms with van der Waals surface area (Å²) in [6.45, 7) is 1.03. The molecule has 0 radical (unpaired) electrons. The predicted octanol–water partition coefficient (Wildman–Crippen LogP) is 0.672. The summed E-state index contributed by atoms with van der Waals surface area (Å²) >= 11 is 0. The molecule has 0 amide bonds. The van der Waals surface area contributed by atoms with Crippen LogP contribution in [0, 0.1) is 0 Å². The van der Waals surface area contributed by atoms with Gasteiger partial charge in [0, 0.05) is 40.7 Å². The molecule has 0 spiro atoms. The highest BCUT2D eigenvalue weighted by molar-refractivity contribution is 7.47. The lowest BCUT2D eigenvalue weighted by atomic mass is 10.9. The Morgan fingerprint density at radius 3 is 1.64 bits per heavy atom. The Morgan fingerprint density at radius 2 is 1.57 bits per heavy atom. The third-order valence-corrected chi connectivity index (χ3v) is 2.41. The van der Waals surface area contributed by atoms with Crippen molar-refractivity contribution in [1.29, 1.82) is 0 Å². The van der Waals surface area contributed by atoms with Gasteiger partial charge < -0.3 is 14.7 Å². The fourth-order valence-electron chi connectivity index (χ4n) is 0.748. The maximum atomic E-state index is 10.1. The van der Waals surface area contributed by atoms with Crippen LogP contribution in [0.3, 0.4) is 0 Å². The monoisotopic (exact) mass is 224 g/mol. The van der Waals surface area contributed by atoms with Gasteiger partial charge in [0.25, 0.3) is 0 Å². The molecule has 0 bridgehead atoms. The highest BCUT2D eigenvalue weighted by Crippen LogP contribution is 2.40. The third kappa shape index (κ3) is 5.99. The second kappa shape index (κ2) is 6.03. The number of nitrogens with zero attached hydrogens (tertiary/aromatic N) is 2. The second-order valence-corrected chi connectivity index (χ2v) is 4.45. The topological polar surface area (TPSA) is 62.2 Å². The minimum atomic E-state index is -3.65. The first-order valence-corrected chi connectivity index (χ1v) is 5.44. The molecular weight excluding hydrogens is 207 g/mol. The Hall–Kier alpha value is -0.550. The van der Waals surface area contributed by atoms with E-state index in [1.54, 1.807) is 0 Å². The van der Waals surface area contributed by atoms with Crippen LogP contribution in [0.5, 0.6) is 0 Å². The molecule has 0 unspecified atom stereocenters. The van der Waals surface area contributed by atoms with Crippen LogP contribution >= 0.6 is 7.82 Å². The average Bonchev–Trinajstić information content (AvgIpc) is 2.51. The van der Waals surface area contributed by atoms with Crippen molar-refractivity contribution in [3.63, 3.8) is 0 Å². The van der Waals surface area contributed by atoms with Crippen LogP contribution in [0.4, 0.5) is 0 Å². The highest BCUT2D eigenvalue weighted by atomic mass is 31.2. The molecule has 1 rings (SSSR count). The molecule has 0 saturated heterocycles. The van der Waals surface area contributed by atoms with Gasteiger partial charge in [-0.05, 0) is 0 Å². The van der Waals surface area contributed by atoms with Crippen molar-refractivity contribution in [3.8, 4) is 0 Å². The molecule has 0 aliphatic carbocycles. The molecule has 7 heteroatoms. The van der Waals surface area contributed by atoms with E-state index in [4.69, 9.17) is 4.89 Å². The van der Waals surface area contributed by atoms with Crippen LogP contribution in [0.25, 0.3) is 0 Å². The fraction of sp³-hybridized carbons (Fsp3) is 0.714. The van der Waals surface area contributed by atoms with Gasteiger partial charge in [0.1, 0.15) is 0 Å². The maximum absolute atomic E-state index is 10.1. The van der Waals surface area contributed by atoms with Gasteiger partial charge in [-0.2, -0.15) is 0 Å². The lowest BCUT2D eigenvalue weighted by Crippen LogP contribution is -2.17. The summed E-state index contributed by atoms with van der Waals surface area (Å²) < 4.78 is 18.0. The normalized spacial score (nSPS) is 15.5. The van der Waals surface area contributed by atoms with E-state index < -0.39 is 7.82 Å². The summed E-state index contributed by atoms with van der Waals surface area (Å²) in [6.07, 6.45) is 4.11. The van der Waals surface area contributed by atoms with E-state index in [1.165, 1.54) is 0 Å². The van der Waals surface area contributed by atoms with Gasteiger partial charge in [-0.15, -0.1) is 0 Å². The third-order valence-electron chi connectivity index (χ3n) is 1.48. The van der Waals surface area contributed by atoms with Crippen LogP contribution < -0.4 is 0 Å². The van der Waals surface area contributed by atoms with Crippen molar-refractivity contribution in [3.05, 3.63) is 12.4 Å². The lowest BCUT2D eigenvalue weighted by molar-refractivity contribution is 0.204. The van der Waals surface area contributed by atoms with Crippen LogP contribution in [-0.4, -0.2) is 49.7 Å². The quantitative estimate of drug-likeness (QED) is 0.696. The van der Waals surface area contributed by atoms with Crippen molar-refractivity contribution < 1.29 is 18.5 Å². The second-order valence-electron chi connectivity index (χ2n) is 2.79. The molecule has 1 N–H and O–H groups in total. The van der Waals surface area contributed by atoms with Gasteiger partial charge in [0.2, 0.25) is 0 Å². The molecular formula is C7H17N2O4P. The largest absolute Gasteiger partial charge is 0.471 e. The molecule has 6 nitrogen and oxygen atoms in total. The fourth-order valence-corrected chi connectivity index (χ4v) is 0.897. The van der Waals surface area contributed by atoms with Crippen molar-refractivity contribution >= 4 is 7.82 Å². The van der Waals surface area contributed by atoms with Gasteiger partial charge in [-0.25, -0.2) is 4.57 Å². The molecule has 1 aliphatic heterocycles. The summed E-state index contributed by atoms with van der Waals surface area (Å²) in [7, 11) is 2.66. The number of rotatable bonds is 2. The molecule has 0 fully saturated rings. The number of phosphoric acid groups is 1. The summed E-state index contributed by atoms with van der Waals surface area (Å²) in [6, 6.07) is 0. The minimum Gasteiger partial charge on any atom is -0.362 e. The average molecular weight is 224 g/mol. The van der Waals surface area contributed by atoms with Gasteiger partial charge in [-0.3, -0.25) is 9.05 Å². The standard InChI is InChI=1S/C5H10N2.C2H7O4P/c1-6-3-4-7(2)5-6;1-5-7(3,4)6-2/h3-4H,5H2,1-2H3;1-2H3,(H,3,4). The van der Waals surface area contributed by atoms with E-state index in [2.05, 4.69) is 45.3 Å². The first-order valence-electron chi connectivity index (χ1n) is 3.94. The molecule has 14 heavy (non-hydrogen) atoms. The van der Waals surface area contributed by atoms with Crippen molar-refractivity contribution in [1.82, 2.24) is 9.80 Å². The van der Waals surface area contributed by atoms with Crippen molar-refractivity contribution in [2.24, 2.45) is 0 Å². The Kier molecular flexibility index (Phi) is 5.79. The van der Waals surface area contributed by atoms with Crippen molar-refractivity contribution in [2.45, 2.75) is 0 Å². The van der Waals surface area contributed by atoms with E-state index in [0.717, 1.165) is 20.9 Å². The Balaban J connectivity index is 0.000000241. The molecule has 0 aromatic carbocycles. The first-order chi connectivity index (χ1) is 6.41. The zero-order valence-corrected chi connectivity index (χ0v) is 9.77. The van der Waals surface area contributed by atoms with E-state index >= 15 is 0 Å². The molecule has 0 saturated carbocycles. The van der Waals surface area contributed by atoms with Crippen LogP contribution in [0.2, 0.25) is 0 Å². The molecule has 1 aliphatic rings. The predicted molar refractivity (Wildman–Crippen MR) is 53.4 cm³/mol. The van der Waals surface area contributed by atoms with E-state index in [9.17, 15) is 4.57 Å². The summed E-state index contributed by atoms with van der Waals surface area (Å²) in [5.74, 6) is 0. The minimum absolute atomic E-state index is 1.03. The van der Waals surface area contributed by atoms with Crippen molar-refractivity contribution in [2.75, 3.05) is 35.0 Å². The number of hydrogen-bond acceptors (Lipinski definition) is 5.